The van der Waals surface area contributed by atoms with E-state index in [4.69, 9.17) is 11.1 Å². The van der Waals surface area contributed by atoms with Crippen LogP contribution >= 0.6 is 0 Å². The van der Waals surface area contributed by atoms with Gasteiger partial charge in [0.1, 0.15) is 5.84 Å². The Morgan fingerprint density at radius 2 is 2.06 bits per heavy atom. The first-order chi connectivity index (χ1) is 8.39. The molecule has 0 fully saturated rings. The molecule has 3 N–H and O–H groups in total. The number of amidine groups is 1. The molecular weight excluding hydrogens is 247 g/mol. The van der Waals surface area contributed by atoms with Crippen molar-refractivity contribution in [2.45, 2.75) is 6.18 Å². The van der Waals surface area contributed by atoms with Gasteiger partial charge in [0.15, 0.2) is 11.5 Å². The summed E-state index contributed by atoms with van der Waals surface area (Å²) in [5.41, 5.74) is 4.52. The van der Waals surface area contributed by atoms with Crippen molar-refractivity contribution < 1.29 is 13.2 Å². The van der Waals surface area contributed by atoms with E-state index in [1.165, 1.54) is 18.3 Å². The monoisotopic (exact) mass is 255 g/mol. The van der Waals surface area contributed by atoms with E-state index in [2.05, 4.69) is 10.1 Å². The number of nitrogens with two attached hydrogens (primary N) is 1. The average molecular weight is 255 g/mol. The Labute approximate surface area is 99.6 Å². The Hall–Kier alpha value is -2.38. The lowest BCUT2D eigenvalue weighted by Gasteiger charge is -2.06. The smallest absolute Gasteiger partial charge is 0.384 e. The van der Waals surface area contributed by atoms with Crippen LogP contribution in [0.25, 0.3) is 5.82 Å². The summed E-state index contributed by atoms with van der Waals surface area (Å²) < 4.78 is 38.2. The number of hydrogen-bond donors (Lipinski definition) is 2. The summed E-state index contributed by atoms with van der Waals surface area (Å²) in [7, 11) is 0. The number of nitrogens with zero attached hydrogens (tertiary/aromatic N) is 3. The van der Waals surface area contributed by atoms with Crippen molar-refractivity contribution in [1.29, 1.82) is 5.41 Å². The van der Waals surface area contributed by atoms with Crippen LogP contribution in [0.4, 0.5) is 13.2 Å². The first kappa shape index (κ1) is 12.1. The number of rotatable bonds is 2. The van der Waals surface area contributed by atoms with E-state index in [9.17, 15) is 13.2 Å². The van der Waals surface area contributed by atoms with Gasteiger partial charge in [-0.15, -0.1) is 0 Å². The molecule has 0 amide bonds. The van der Waals surface area contributed by atoms with Gasteiger partial charge in [-0.2, -0.15) is 18.3 Å². The average Bonchev–Trinajstić information content (AvgIpc) is 2.77. The lowest BCUT2D eigenvalue weighted by atomic mass is 10.2. The number of aromatic nitrogens is 3. The zero-order valence-electron chi connectivity index (χ0n) is 8.94. The molecular formula is C10H8F3N5. The molecule has 0 bridgehead atoms. The van der Waals surface area contributed by atoms with Gasteiger partial charge in [0, 0.05) is 12.4 Å². The maximum absolute atomic E-state index is 12.4. The molecule has 2 rings (SSSR count). The minimum atomic E-state index is -4.52. The zero-order chi connectivity index (χ0) is 13.3. The molecule has 0 aliphatic rings. The minimum absolute atomic E-state index is 0.0838. The molecule has 0 saturated carbocycles. The third kappa shape index (κ3) is 2.17. The highest BCUT2D eigenvalue weighted by Crippen LogP contribution is 2.27. The van der Waals surface area contributed by atoms with Crippen molar-refractivity contribution in [3.8, 4) is 5.82 Å². The predicted octanol–water partition coefficient (Wildman–Crippen LogP) is 1.57. The van der Waals surface area contributed by atoms with Crippen LogP contribution in [0.3, 0.4) is 0 Å². The fourth-order valence-corrected chi connectivity index (χ4v) is 1.38. The highest BCUT2D eigenvalue weighted by Gasteiger charge is 2.33. The number of pyridine rings is 1. The molecule has 0 aliphatic heterocycles. The van der Waals surface area contributed by atoms with Crippen molar-refractivity contribution in [2.24, 2.45) is 5.73 Å². The van der Waals surface area contributed by atoms with Gasteiger partial charge in [-0.05, 0) is 18.2 Å². The van der Waals surface area contributed by atoms with Crippen molar-refractivity contribution in [2.75, 3.05) is 0 Å². The molecule has 18 heavy (non-hydrogen) atoms. The highest BCUT2D eigenvalue weighted by atomic mass is 19.4. The molecule has 0 aliphatic carbocycles. The van der Waals surface area contributed by atoms with Gasteiger partial charge in [-0.1, -0.05) is 0 Å². The summed E-state index contributed by atoms with van der Waals surface area (Å²) >= 11 is 0. The van der Waals surface area contributed by atoms with Crippen LogP contribution in [0.1, 0.15) is 11.3 Å². The number of nitrogens with one attached hydrogen (secondary N) is 1. The van der Waals surface area contributed by atoms with Gasteiger partial charge in [-0.3, -0.25) is 5.41 Å². The highest BCUT2D eigenvalue weighted by molar-refractivity contribution is 5.97. The summed E-state index contributed by atoms with van der Waals surface area (Å²) in [5.74, 6) is -0.206. The second-order valence-electron chi connectivity index (χ2n) is 3.43. The van der Waals surface area contributed by atoms with Gasteiger partial charge in [0.05, 0.1) is 5.56 Å². The first-order valence-corrected chi connectivity index (χ1v) is 4.82. The molecule has 2 aromatic rings. The lowest BCUT2D eigenvalue weighted by Crippen LogP contribution is -2.16. The summed E-state index contributed by atoms with van der Waals surface area (Å²) in [6.07, 6.45) is -2.01. The van der Waals surface area contributed by atoms with Crippen LogP contribution in [0.5, 0.6) is 0 Å². The third-order valence-corrected chi connectivity index (χ3v) is 2.17. The van der Waals surface area contributed by atoms with Crippen LogP contribution in [-0.4, -0.2) is 20.6 Å². The van der Waals surface area contributed by atoms with Crippen LogP contribution in [0.2, 0.25) is 0 Å². The quantitative estimate of drug-likeness (QED) is 0.631. The minimum Gasteiger partial charge on any atom is -0.384 e. The Balaban J connectivity index is 2.50. The van der Waals surface area contributed by atoms with Gasteiger partial charge >= 0.3 is 6.18 Å². The fraction of sp³-hybridized carbons (Fsp3) is 0.100. The second kappa shape index (κ2) is 4.13. The SMILES string of the molecule is N=C(N)c1cccnc1-n1ccc(C(F)(F)F)n1. The number of hydrogen-bond acceptors (Lipinski definition) is 3. The van der Waals surface area contributed by atoms with Crippen molar-refractivity contribution in [3.05, 3.63) is 41.9 Å². The maximum atomic E-state index is 12.4. The maximum Gasteiger partial charge on any atom is 0.435 e. The van der Waals surface area contributed by atoms with Gasteiger partial charge in [-0.25, -0.2) is 9.67 Å². The molecule has 0 unspecified atom stereocenters. The molecule has 0 radical (unpaired) electrons. The third-order valence-electron chi connectivity index (χ3n) is 2.17. The van der Waals surface area contributed by atoms with E-state index >= 15 is 0 Å². The summed E-state index contributed by atoms with van der Waals surface area (Å²) in [4.78, 5) is 3.88. The van der Waals surface area contributed by atoms with E-state index in [1.807, 2.05) is 0 Å². The van der Waals surface area contributed by atoms with Crippen LogP contribution in [0, 0.1) is 5.41 Å². The van der Waals surface area contributed by atoms with E-state index in [0.717, 1.165) is 16.9 Å². The second-order valence-corrected chi connectivity index (χ2v) is 3.43. The van der Waals surface area contributed by atoms with Crippen LogP contribution < -0.4 is 5.73 Å². The lowest BCUT2D eigenvalue weighted by molar-refractivity contribution is -0.141. The molecule has 94 valence electrons. The number of halogens is 3. The van der Waals surface area contributed by atoms with Crippen molar-refractivity contribution >= 4 is 5.84 Å². The normalized spacial score (nSPS) is 11.5. The molecule has 2 aromatic heterocycles. The Kier molecular flexibility index (Phi) is 2.77. The summed E-state index contributed by atoms with van der Waals surface area (Å²) in [6, 6.07) is 3.85. The Morgan fingerprint density at radius 1 is 1.33 bits per heavy atom. The van der Waals surface area contributed by atoms with Crippen molar-refractivity contribution in [1.82, 2.24) is 14.8 Å². The Bertz CT molecular complexity index is 587. The predicted molar refractivity (Wildman–Crippen MR) is 57.4 cm³/mol. The number of alkyl halides is 3. The summed E-state index contributed by atoms with van der Waals surface area (Å²) in [6.45, 7) is 0. The van der Waals surface area contributed by atoms with E-state index < -0.39 is 11.9 Å². The standard InChI is InChI=1S/C10H8F3N5/c11-10(12,13)7-3-5-18(17-7)9-6(8(14)15)2-1-4-16-9/h1-5H,(H3,14,15). The topological polar surface area (TPSA) is 80.6 Å². The van der Waals surface area contributed by atoms with Gasteiger partial charge in [0.2, 0.25) is 0 Å². The largest absolute Gasteiger partial charge is 0.435 e. The molecule has 0 atom stereocenters. The van der Waals surface area contributed by atoms with E-state index in [1.54, 1.807) is 0 Å². The molecule has 0 aromatic carbocycles. The van der Waals surface area contributed by atoms with E-state index in [0.29, 0.717) is 0 Å². The molecule has 0 saturated heterocycles. The first-order valence-electron chi connectivity index (χ1n) is 4.82. The fourth-order valence-electron chi connectivity index (χ4n) is 1.38. The summed E-state index contributed by atoms with van der Waals surface area (Å²) in [5, 5.41) is 10.7. The molecule has 5 nitrogen and oxygen atoms in total. The van der Waals surface area contributed by atoms with Crippen LogP contribution in [0.15, 0.2) is 30.6 Å². The zero-order valence-corrected chi connectivity index (χ0v) is 8.94. The Morgan fingerprint density at radius 3 is 2.61 bits per heavy atom. The van der Waals surface area contributed by atoms with Gasteiger partial charge in [0.25, 0.3) is 0 Å². The van der Waals surface area contributed by atoms with Gasteiger partial charge < -0.3 is 5.73 Å². The molecule has 8 heteroatoms. The van der Waals surface area contributed by atoms with Crippen molar-refractivity contribution in [3.63, 3.8) is 0 Å². The van der Waals surface area contributed by atoms with E-state index in [-0.39, 0.29) is 17.2 Å². The van der Waals surface area contributed by atoms with Crippen LogP contribution in [-0.2, 0) is 6.18 Å². The number of nitrogen functional groups attached to an aromatic ring is 1. The molecule has 2 heterocycles. The molecule has 0 spiro atoms.